The van der Waals surface area contributed by atoms with Crippen LogP contribution in [0.2, 0.25) is 5.02 Å². The van der Waals surface area contributed by atoms with Crippen LogP contribution >= 0.6 is 11.6 Å². The molecule has 0 atom stereocenters. The summed E-state index contributed by atoms with van der Waals surface area (Å²) in [5.41, 5.74) is 0.942. The zero-order valence-electron chi connectivity index (χ0n) is 8.61. The van der Waals surface area contributed by atoms with E-state index in [1.165, 1.54) is 12.1 Å². The maximum absolute atomic E-state index is 10.6. The van der Waals surface area contributed by atoms with Gasteiger partial charge in [0.2, 0.25) is 0 Å². The number of hydrogen-bond acceptors (Lipinski definition) is 4. The van der Waals surface area contributed by atoms with Crippen LogP contribution in [0.1, 0.15) is 10.4 Å². The summed E-state index contributed by atoms with van der Waals surface area (Å²) in [7, 11) is 0. The highest BCUT2D eigenvalue weighted by Gasteiger charge is 2.14. The number of anilines is 1. The van der Waals surface area contributed by atoms with E-state index in [0.29, 0.717) is 18.2 Å². The molecule has 0 radical (unpaired) electrons. The van der Waals surface area contributed by atoms with Gasteiger partial charge in [-0.15, -0.1) is 0 Å². The number of hydrogen-bond donors (Lipinski definition) is 0. The smallest absolute Gasteiger partial charge is 0.0715 e. The van der Waals surface area contributed by atoms with Gasteiger partial charge in [0.1, 0.15) is 0 Å². The molecule has 5 heteroatoms. The summed E-state index contributed by atoms with van der Waals surface area (Å²) < 4.78 is 5.23. The first-order chi connectivity index (χ1) is 7.68. The van der Waals surface area contributed by atoms with Crippen LogP contribution in [0.4, 0.5) is 5.69 Å². The molecule has 0 aliphatic carbocycles. The van der Waals surface area contributed by atoms with Crippen LogP contribution in [0, 0.1) is 0 Å². The second-order valence-corrected chi connectivity index (χ2v) is 3.96. The van der Waals surface area contributed by atoms with Crippen molar-refractivity contribution < 1.29 is 14.6 Å². The fraction of sp³-hybridized carbons (Fsp3) is 0.364. The van der Waals surface area contributed by atoms with Gasteiger partial charge in [0.05, 0.1) is 29.9 Å². The molecule has 1 aromatic rings. The van der Waals surface area contributed by atoms with Crippen molar-refractivity contribution in [3.05, 3.63) is 28.8 Å². The number of carbonyl (C=O) groups is 1. The average molecular weight is 241 g/mol. The van der Waals surface area contributed by atoms with Crippen molar-refractivity contribution in [1.82, 2.24) is 0 Å². The second kappa shape index (κ2) is 4.72. The van der Waals surface area contributed by atoms with Gasteiger partial charge in [-0.2, -0.15) is 0 Å². The summed E-state index contributed by atoms with van der Waals surface area (Å²) in [6, 6.07) is 4.63. The van der Waals surface area contributed by atoms with Crippen molar-refractivity contribution in [2.75, 3.05) is 31.2 Å². The number of morpholine rings is 1. The van der Waals surface area contributed by atoms with E-state index in [-0.39, 0.29) is 5.56 Å². The quantitative estimate of drug-likeness (QED) is 0.757. The standard InChI is InChI=1S/C11H12ClNO3/c12-9-7-8(11(14)15)1-2-10(9)13-3-5-16-6-4-13/h1-2,7H,3-6H2,(H,14,15)/p-1. The summed E-state index contributed by atoms with van der Waals surface area (Å²) in [5, 5.41) is 11.1. The molecule has 0 spiro atoms. The van der Waals surface area contributed by atoms with Crippen molar-refractivity contribution in [3.8, 4) is 0 Å². The van der Waals surface area contributed by atoms with E-state index in [2.05, 4.69) is 4.90 Å². The van der Waals surface area contributed by atoms with E-state index in [1.807, 2.05) is 0 Å². The van der Waals surface area contributed by atoms with Crippen molar-refractivity contribution in [3.63, 3.8) is 0 Å². The molecule has 0 aromatic heterocycles. The number of benzene rings is 1. The molecule has 0 amide bonds. The molecule has 0 saturated carbocycles. The summed E-state index contributed by atoms with van der Waals surface area (Å²) in [6.45, 7) is 2.87. The number of nitrogens with zero attached hydrogens (tertiary/aromatic N) is 1. The monoisotopic (exact) mass is 240 g/mol. The normalized spacial score (nSPS) is 16.2. The van der Waals surface area contributed by atoms with Crippen molar-refractivity contribution >= 4 is 23.3 Å². The lowest BCUT2D eigenvalue weighted by molar-refractivity contribution is -0.255. The first kappa shape index (κ1) is 11.2. The van der Waals surface area contributed by atoms with E-state index < -0.39 is 5.97 Å². The van der Waals surface area contributed by atoms with Crippen molar-refractivity contribution in [2.45, 2.75) is 0 Å². The Morgan fingerprint density at radius 1 is 1.38 bits per heavy atom. The molecule has 1 aliphatic heterocycles. The first-order valence-corrected chi connectivity index (χ1v) is 5.40. The third-order valence-corrected chi connectivity index (χ3v) is 2.84. The number of halogens is 1. The van der Waals surface area contributed by atoms with Crippen molar-refractivity contribution in [1.29, 1.82) is 0 Å². The summed E-state index contributed by atoms with van der Waals surface area (Å²) >= 11 is 6.03. The third kappa shape index (κ3) is 2.28. The zero-order valence-corrected chi connectivity index (χ0v) is 9.37. The Balaban J connectivity index is 2.24. The first-order valence-electron chi connectivity index (χ1n) is 5.02. The molecule has 4 nitrogen and oxygen atoms in total. The van der Waals surface area contributed by atoms with E-state index >= 15 is 0 Å². The minimum Gasteiger partial charge on any atom is -0.545 e. The van der Waals surface area contributed by atoms with Gasteiger partial charge in [-0.05, 0) is 17.7 Å². The summed E-state index contributed by atoms with van der Waals surface area (Å²) in [6.07, 6.45) is 0. The predicted molar refractivity (Wildman–Crippen MR) is 58.8 cm³/mol. The summed E-state index contributed by atoms with van der Waals surface area (Å²) in [5.74, 6) is -1.21. The van der Waals surface area contributed by atoms with Gasteiger partial charge >= 0.3 is 0 Å². The Hall–Kier alpha value is -1.26. The SMILES string of the molecule is O=C([O-])c1ccc(N2CCOCC2)c(Cl)c1. The largest absolute Gasteiger partial charge is 0.545 e. The molecule has 1 fully saturated rings. The van der Waals surface area contributed by atoms with Crippen LogP contribution < -0.4 is 10.0 Å². The van der Waals surface area contributed by atoms with Gasteiger partial charge in [0.15, 0.2) is 0 Å². The summed E-state index contributed by atoms with van der Waals surface area (Å²) in [4.78, 5) is 12.7. The predicted octanol–water partition coefficient (Wildman–Crippen LogP) is 0.540. The molecule has 1 aromatic carbocycles. The van der Waals surface area contributed by atoms with E-state index in [0.717, 1.165) is 18.8 Å². The van der Waals surface area contributed by atoms with Crippen LogP contribution in [-0.4, -0.2) is 32.3 Å². The molecule has 0 N–H and O–H groups in total. The molecule has 0 bridgehead atoms. The van der Waals surface area contributed by atoms with Gasteiger partial charge < -0.3 is 19.5 Å². The number of rotatable bonds is 2. The molecular weight excluding hydrogens is 230 g/mol. The van der Waals surface area contributed by atoms with Gasteiger partial charge in [-0.25, -0.2) is 0 Å². The van der Waals surface area contributed by atoms with Crippen LogP contribution in [0.25, 0.3) is 0 Å². The fourth-order valence-electron chi connectivity index (χ4n) is 1.69. The maximum Gasteiger partial charge on any atom is 0.0715 e. The Morgan fingerprint density at radius 2 is 2.06 bits per heavy atom. The van der Waals surface area contributed by atoms with Gasteiger partial charge in [-0.1, -0.05) is 17.7 Å². The van der Waals surface area contributed by atoms with Crippen LogP contribution in [0.5, 0.6) is 0 Å². The number of carboxylic acid groups (broad SMARTS) is 1. The lowest BCUT2D eigenvalue weighted by Gasteiger charge is -2.29. The van der Waals surface area contributed by atoms with Crippen LogP contribution in [-0.2, 0) is 4.74 Å². The third-order valence-electron chi connectivity index (χ3n) is 2.54. The van der Waals surface area contributed by atoms with E-state index in [1.54, 1.807) is 6.07 Å². The second-order valence-electron chi connectivity index (χ2n) is 3.55. The molecule has 1 aliphatic rings. The zero-order chi connectivity index (χ0) is 11.5. The maximum atomic E-state index is 10.6. The Bertz CT molecular complexity index is 402. The average Bonchev–Trinajstić information content (AvgIpc) is 2.30. The van der Waals surface area contributed by atoms with Gasteiger partial charge in [0, 0.05) is 13.1 Å². The molecule has 1 heterocycles. The number of carboxylic acids is 1. The Labute approximate surface area is 98.4 Å². The van der Waals surface area contributed by atoms with Crippen LogP contribution in [0.3, 0.4) is 0 Å². The van der Waals surface area contributed by atoms with E-state index in [9.17, 15) is 9.90 Å². The lowest BCUT2D eigenvalue weighted by Crippen LogP contribution is -2.36. The molecule has 1 saturated heterocycles. The minimum atomic E-state index is -1.21. The molecule has 2 rings (SSSR count). The highest BCUT2D eigenvalue weighted by atomic mass is 35.5. The van der Waals surface area contributed by atoms with Crippen molar-refractivity contribution in [2.24, 2.45) is 0 Å². The highest BCUT2D eigenvalue weighted by molar-refractivity contribution is 6.33. The minimum absolute atomic E-state index is 0.0991. The Kier molecular flexibility index (Phi) is 3.31. The highest BCUT2D eigenvalue weighted by Crippen LogP contribution is 2.27. The van der Waals surface area contributed by atoms with Crippen LogP contribution in [0.15, 0.2) is 18.2 Å². The topological polar surface area (TPSA) is 52.6 Å². The molecular formula is C11H11ClNO3-. The number of aromatic carboxylic acids is 1. The number of ether oxygens (including phenoxy) is 1. The molecule has 16 heavy (non-hydrogen) atoms. The molecule has 86 valence electrons. The van der Waals surface area contributed by atoms with Gasteiger partial charge in [-0.3, -0.25) is 0 Å². The van der Waals surface area contributed by atoms with Gasteiger partial charge in [0.25, 0.3) is 0 Å². The fourth-order valence-corrected chi connectivity index (χ4v) is 1.99. The van der Waals surface area contributed by atoms with E-state index in [4.69, 9.17) is 16.3 Å². The lowest BCUT2D eigenvalue weighted by atomic mass is 10.2. The Morgan fingerprint density at radius 3 is 2.62 bits per heavy atom. The number of carbonyl (C=O) groups excluding carboxylic acids is 1. The molecule has 0 unspecified atom stereocenters.